The van der Waals surface area contributed by atoms with E-state index in [1.54, 1.807) is 0 Å². The van der Waals surface area contributed by atoms with Gasteiger partial charge in [-0.3, -0.25) is 4.79 Å². The maximum atomic E-state index is 12.4. The molecule has 0 heterocycles. The van der Waals surface area contributed by atoms with Crippen molar-refractivity contribution in [2.24, 2.45) is 17.8 Å². The number of benzene rings is 1. The zero-order valence-electron chi connectivity index (χ0n) is 13.4. The Morgan fingerprint density at radius 1 is 1.14 bits per heavy atom. The van der Waals surface area contributed by atoms with Gasteiger partial charge in [-0.1, -0.05) is 43.2 Å². The van der Waals surface area contributed by atoms with Crippen molar-refractivity contribution in [1.29, 1.82) is 0 Å². The molecule has 1 aromatic rings. The van der Waals surface area contributed by atoms with E-state index in [-0.39, 0.29) is 5.41 Å². The highest BCUT2D eigenvalue weighted by molar-refractivity contribution is 5.76. The molecule has 3 aliphatic carbocycles. The van der Waals surface area contributed by atoms with E-state index in [4.69, 9.17) is 0 Å². The van der Waals surface area contributed by atoms with Gasteiger partial charge in [0.2, 0.25) is 5.91 Å². The molecule has 3 aliphatic rings. The molecule has 0 aliphatic heterocycles. The van der Waals surface area contributed by atoms with Gasteiger partial charge < -0.3 is 5.32 Å². The number of rotatable bonds is 5. The molecule has 3 atom stereocenters. The van der Waals surface area contributed by atoms with Gasteiger partial charge in [-0.15, -0.1) is 0 Å². The van der Waals surface area contributed by atoms with Gasteiger partial charge in [-0.25, -0.2) is 0 Å². The van der Waals surface area contributed by atoms with Crippen LogP contribution in [-0.2, 0) is 10.2 Å². The minimum atomic E-state index is 0.214. The average molecular weight is 297 g/mol. The molecule has 1 amide bonds. The zero-order valence-corrected chi connectivity index (χ0v) is 13.4. The van der Waals surface area contributed by atoms with Gasteiger partial charge in [0.15, 0.2) is 0 Å². The summed E-state index contributed by atoms with van der Waals surface area (Å²) in [5.74, 6) is 2.75. The van der Waals surface area contributed by atoms with Crippen LogP contribution in [0.2, 0.25) is 0 Å². The third kappa shape index (κ3) is 2.57. The van der Waals surface area contributed by atoms with Gasteiger partial charge in [0.25, 0.3) is 0 Å². The van der Waals surface area contributed by atoms with Crippen LogP contribution in [0.4, 0.5) is 0 Å². The Hall–Kier alpha value is -1.31. The quantitative estimate of drug-likeness (QED) is 0.873. The predicted molar refractivity (Wildman–Crippen MR) is 88.5 cm³/mol. The van der Waals surface area contributed by atoms with Crippen LogP contribution in [0.3, 0.4) is 0 Å². The van der Waals surface area contributed by atoms with E-state index < -0.39 is 0 Å². The lowest BCUT2D eigenvalue weighted by Crippen LogP contribution is -2.45. The number of fused-ring (bicyclic) bond motifs is 2. The van der Waals surface area contributed by atoms with Crippen LogP contribution in [0.1, 0.15) is 56.9 Å². The van der Waals surface area contributed by atoms with Crippen molar-refractivity contribution in [3.8, 4) is 0 Å². The highest BCUT2D eigenvalue weighted by atomic mass is 16.1. The normalized spacial score (nSPS) is 31.7. The summed E-state index contributed by atoms with van der Waals surface area (Å²) in [7, 11) is 0. The van der Waals surface area contributed by atoms with Crippen LogP contribution in [0.15, 0.2) is 30.3 Å². The summed E-state index contributed by atoms with van der Waals surface area (Å²) in [5.41, 5.74) is 1.62. The Balaban J connectivity index is 1.33. The molecule has 0 radical (unpaired) electrons. The average Bonchev–Trinajstić information content (AvgIpc) is 3.10. The van der Waals surface area contributed by atoms with Gasteiger partial charge in [-0.05, 0) is 55.4 Å². The number of amides is 1. The first-order valence-corrected chi connectivity index (χ1v) is 9.07. The Morgan fingerprint density at radius 2 is 1.95 bits per heavy atom. The Kier molecular flexibility index (Phi) is 3.71. The third-order valence-electron chi connectivity index (χ3n) is 6.65. The summed E-state index contributed by atoms with van der Waals surface area (Å²) in [6.45, 7) is 0.830. The first-order valence-electron chi connectivity index (χ1n) is 9.07. The van der Waals surface area contributed by atoms with E-state index in [2.05, 4.69) is 35.6 Å². The van der Waals surface area contributed by atoms with Crippen molar-refractivity contribution >= 4 is 5.91 Å². The molecule has 2 nitrogen and oxygen atoms in total. The van der Waals surface area contributed by atoms with Gasteiger partial charge in [0.05, 0.1) is 0 Å². The molecule has 0 spiro atoms. The van der Waals surface area contributed by atoms with Crippen LogP contribution in [0.5, 0.6) is 0 Å². The standard InChI is InChI=1S/C20H27NO/c22-19(13-17-12-15-7-8-16(17)11-15)21-14-20(9-4-10-20)18-5-2-1-3-6-18/h1-3,5-6,15-17H,4,7-14H2,(H,21,22). The maximum Gasteiger partial charge on any atom is 0.220 e. The van der Waals surface area contributed by atoms with Crippen molar-refractivity contribution in [3.63, 3.8) is 0 Å². The summed E-state index contributed by atoms with van der Waals surface area (Å²) in [4.78, 5) is 12.4. The summed E-state index contributed by atoms with van der Waals surface area (Å²) in [5, 5.41) is 3.27. The van der Waals surface area contributed by atoms with Crippen molar-refractivity contribution in [3.05, 3.63) is 35.9 Å². The SMILES string of the molecule is O=C(CC1CC2CCC1C2)NCC1(c2ccccc2)CCC1. The van der Waals surface area contributed by atoms with Gasteiger partial charge in [0, 0.05) is 18.4 Å². The fourth-order valence-electron chi connectivity index (χ4n) is 5.17. The summed E-state index contributed by atoms with van der Waals surface area (Å²) < 4.78 is 0. The van der Waals surface area contributed by atoms with E-state index in [0.29, 0.717) is 11.8 Å². The molecule has 2 heteroatoms. The van der Waals surface area contributed by atoms with E-state index in [9.17, 15) is 4.79 Å². The molecule has 1 aromatic carbocycles. The Labute approximate surface area is 133 Å². The molecule has 0 saturated heterocycles. The van der Waals surface area contributed by atoms with Crippen LogP contribution >= 0.6 is 0 Å². The summed E-state index contributed by atoms with van der Waals surface area (Å²) >= 11 is 0. The molecule has 0 aromatic heterocycles. The largest absolute Gasteiger partial charge is 0.355 e. The number of nitrogens with one attached hydrogen (secondary N) is 1. The predicted octanol–water partition coefficient (Wildman–Crippen LogP) is 4.05. The fourth-order valence-corrected chi connectivity index (χ4v) is 5.17. The molecule has 22 heavy (non-hydrogen) atoms. The number of carbonyl (C=O) groups is 1. The molecule has 2 bridgehead atoms. The van der Waals surface area contributed by atoms with Gasteiger partial charge in [0.1, 0.15) is 0 Å². The van der Waals surface area contributed by atoms with Crippen LogP contribution < -0.4 is 5.32 Å². The lowest BCUT2D eigenvalue weighted by molar-refractivity contribution is -0.122. The molecule has 3 unspecified atom stereocenters. The van der Waals surface area contributed by atoms with E-state index in [1.165, 1.54) is 50.5 Å². The second-order valence-corrected chi connectivity index (χ2v) is 7.92. The Morgan fingerprint density at radius 3 is 2.55 bits per heavy atom. The first-order chi connectivity index (χ1) is 10.8. The van der Waals surface area contributed by atoms with Crippen molar-refractivity contribution < 1.29 is 4.79 Å². The Bertz CT molecular complexity index is 534. The van der Waals surface area contributed by atoms with E-state index in [0.717, 1.165) is 24.8 Å². The van der Waals surface area contributed by atoms with Crippen molar-refractivity contribution in [1.82, 2.24) is 5.32 Å². The molecule has 118 valence electrons. The van der Waals surface area contributed by atoms with E-state index >= 15 is 0 Å². The van der Waals surface area contributed by atoms with Crippen LogP contribution in [0, 0.1) is 17.8 Å². The van der Waals surface area contributed by atoms with Gasteiger partial charge in [-0.2, -0.15) is 0 Å². The number of hydrogen-bond donors (Lipinski definition) is 1. The summed E-state index contributed by atoms with van der Waals surface area (Å²) in [6, 6.07) is 10.8. The number of hydrogen-bond acceptors (Lipinski definition) is 1. The summed E-state index contributed by atoms with van der Waals surface area (Å²) in [6.07, 6.45) is 9.98. The smallest absolute Gasteiger partial charge is 0.220 e. The topological polar surface area (TPSA) is 29.1 Å². The minimum absolute atomic E-state index is 0.214. The van der Waals surface area contributed by atoms with Crippen molar-refractivity contribution in [2.45, 2.75) is 56.8 Å². The molecule has 3 saturated carbocycles. The number of carbonyl (C=O) groups excluding carboxylic acids is 1. The van der Waals surface area contributed by atoms with Crippen LogP contribution in [0.25, 0.3) is 0 Å². The van der Waals surface area contributed by atoms with E-state index in [1.807, 2.05) is 0 Å². The minimum Gasteiger partial charge on any atom is -0.355 e. The second kappa shape index (κ2) is 5.72. The fraction of sp³-hybridized carbons (Fsp3) is 0.650. The molecule has 3 fully saturated rings. The lowest BCUT2D eigenvalue weighted by atomic mass is 9.64. The lowest BCUT2D eigenvalue weighted by Gasteiger charge is -2.42. The molecular formula is C20H27NO. The van der Waals surface area contributed by atoms with Crippen LogP contribution in [-0.4, -0.2) is 12.5 Å². The monoisotopic (exact) mass is 297 g/mol. The van der Waals surface area contributed by atoms with Gasteiger partial charge >= 0.3 is 0 Å². The molecule has 4 rings (SSSR count). The second-order valence-electron chi connectivity index (χ2n) is 7.92. The molecular weight excluding hydrogens is 270 g/mol. The van der Waals surface area contributed by atoms with Crippen molar-refractivity contribution in [2.75, 3.05) is 6.54 Å². The first kappa shape index (κ1) is 14.3. The highest BCUT2D eigenvalue weighted by Gasteiger charge is 2.41. The zero-order chi connectivity index (χ0) is 15.0. The third-order valence-corrected chi connectivity index (χ3v) is 6.65. The highest BCUT2D eigenvalue weighted by Crippen LogP contribution is 2.49. The maximum absolute atomic E-state index is 12.4. The molecule has 1 N–H and O–H groups in total.